The maximum absolute atomic E-state index is 13.5. The fraction of sp³-hybridized carbons (Fsp3) is 0.500. The summed E-state index contributed by atoms with van der Waals surface area (Å²) in [5.74, 6) is 0.315. The summed E-state index contributed by atoms with van der Waals surface area (Å²) in [6.07, 6.45) is 0.689. The summed E-state index contributed by atoms with van der Waals surface area (Å²) in [7, 11) is 0. The van der Waals surface area contributed by atoms with Crippen LogP contribution in [0.25, 0.3) is 0 Å². The average molecular weight is 347 g/mol. The van der Waals surface area contributed by atoms with Gasteiger partial charge in [0.25, 0.3) is 0 Å². The van der Waals surface area contributed by atoms with E-state index >= 15 is 0 Å². The van der Waals surface area contributed by atoms with Crippen molar-refractivity contribution in [2.75, 3.05) is 13.1 Å². The first-order valence-electron chi connectivity index (χ1n) is 6.33. The Balaban J connectivity index is 2.75. The molecule has 1 rings (SSSR count). The van der Waals surface area contributed by atoms with Crippen molar-refractivity contribution < 1.29 is 4.39 Å². The topological polar surface area (TPSA) is 29.3 Å². The van der Waals surface area contributed by atoms with Crippen LogP contribution in [0, 0.1) is 11.7 Å². The Kier molecular flexibility index (Phi) is 6.89. The molecule has 0 fully saturated rings. The van der Waals surface area contributed by atoms with Gasteiger partial charge in [-0.1, -0.05) is 38.2 Å². The lowest BCUT2D eigenvalue weighted by Crippen LogP contribution is -2.30. The molecular weight excluding hydrogens is 327 g/mol. The van der Waals surface area contributed by atoms with Crippen molar-refractivity contribution >= 4 is 33.1 Å². The monoisotopic (exact) mass is 346 g/mol. The van der Waals surface area contributed by atoms with Crippen LogP contribution in [0.5, 0.6) is 0 Å². The third kappa shape index (κ3) is 5.97. The van der Waals surface area contributed by atoms with Crippen LogP contribution >= 0.6 is 28.1 Å². The van der Waals surface area contributed by atoms with Gasteiger partial charge in [0.2, 0.25) is 0 Å². The van der Waals surface area contributed by atoms with Gasteiger partial charge in [0, 0.05) is 26.1 Å². The number of thiocarbonyl (C=S) groups is 1. The predicted molar refractivity (Wildman–Crippen MR) is 85.6 cm³/mol. The highest BCUT2D eigenvalue weighted by Gasteiger charge is 2.12. The van der Waals surface area contributed by atoms with E-state index in [4.69, 9.17) is 18.0 Å². The van der Waals surface area contributed by atoms with Crippen LogP contribution in [-0.2, 0) is 6.54 Å². The molecule has 19 heavy (non-hydrogen) atoms. The summed E-state index contributed by atoms with van der Waals surface area (Å²) in [6.45, 7) is 6.75. The zero-order valence-electron chi connectivity index (χ0n) is 11.3. The van der Waals surface area contributed by atoms with Crippen LogP contribution in [0.15, 0.2) is 22.7 Å². The van der Waals surface area contributed by atoms with E-state index in [1.807, 2.05) is 6.07 Å². The van der Waals surface area contributed by atoms with E-state index in [0.717, 1.165) is 18.7 Å². The first-order valence-corrected chi connectivity index (χ1v) is 7.53. The molecular formula is C14H20BrFN2S. The lowest BCUT2D eigenvalue weighted by atomic mass is 10.1. The Morgan fingerprint density at radius 1 is 1.47 bits per heavy atom. The molecule has 0 radical (unpaired) electrons. The molecule has 0 aliphatic rings. The Hall–Kier alpha value is -0.520. The van der Waals surface area contributed by atoms with E-state index in [2.05, 4.69) is 34.7 Å². The van der Waals surface area contributed by atoms with E-state index in [-0.39, 0.29) is 5.82 Å². The zero-order valence-corrected chi connectivity index (χ0v) is 13.7. The molecule has 1 aromatic carbocycles. The molecule has 0 aromatic heterocycles. The molecule has 0 saturated heterocycles. The van der Waals surface area contributed by atoms with Crippen molar-refractivity contribution in [3.8, 4) is 0 Å². The molecule has 2 N–H and O–H groups in total. The fourth-order valence-electron chi connectivity index (χ4n) is 1.93. The SMILES string of the molecule is CC(C)CN(CCC(N)=S)Cc1cccc(F)c1Br. The molecule has 0 saturated carbocycles. The number of hydrogen-bond acceptors (Lipinski definition) is 2. The first kappa shape index (κ1) is 16.5. The van der Waals surface area contributed by atoms with Crippen molar-refractivity contribution in [1.29, 1.82) is 0 Å². The molecule has 0 amide bonds. The molecule has 0 heterocycles. The molecule has 2 nitrogen and oxygen atoms in total. The number of nitrogens with zero attached hydrogens (tertiary/aromatic N) is 1. The van der Waals surface area contributed by atoms with Crippen molar-refractivity contribution in [2.45, 2.75) is 26.8 Å². The highest BCUT2D eigenvalue weighted by atomic mass is 79.9. The Morgan fingerprint density at radius 3 is 2.74 bits per heavy atom. The van der Waals surface area contributed by atoms with Crippen molar-refractivity contribution in [1.82, 2.24) is 4.90 Å². The van der Waals surface area contributed by atoms with Gasteiger partial charge in [-0.2, -0.15) is 0 Å². The summed E-state index contributed by atoms with van der Waals surface area (Å²) in [5, 5.41) is 0. The highest BCUT2D eigenvalue weighted by molar-refractivity contribution is 9.10. The minimum atomic E-state index is -0.226. The molecule has 0 unspecified atom stereocenters. The summed E-state index contributed by atoms with van der Waals surface area (Å²) in [6, 6.07) is 5.12. The van der Waals surface area contributed by atoms with E-state index < -0.39 is 0 Å². The standard InChI is InChI=1S/C14H20BrFN2S/c1-10(2)8-18(7-6-13(17)19)9-11-4-3-5-12(16)14(11)15/h3-5,10H,6-9H2,1-2H3,(H2,17,19). The summed E-state index contributed by atoms with van der Waals surface area (Å²) in [4.78, 5) is 2.77. The van der Waals surface area contributed by atoms with E-state index in [1.165, 1.54) is 6.07 Å². The maximum atomic E-state index is 13.5. The van der Waals surface area contributed by atoms with Crippen LogP contribution in [0.1, 0.15) is 25.8 Å². The van der Waals surface area contributed by atoms with Gasteiger partial charge in [0.05, 0.1) is 9.46 Å². The molecule has 0 aliphatic carbocycles. The second-order valence-electron chi connectivity index (χ2n) is 5.06. The number of hydrogen-bond donors (Lipinski definition) is 1. The summed E-state index contributed by atoms with van der Waals surface area (Å²) < 4.78 is 14.0. The Labute approximate surface area is 128 Å². The van der Waals surface area contributed by atoms with E-state index in [0.29, 0.717) is 28.3 Å². The molecule has 5 heteroatoms. The van der Waals surface area contributed by atoms with Crippen molar-refractivity contribution in [3.63, 3.8) is 0 Å². The largest absolute Gasteiger partial charge is 0.393 e. The van der Waals surface area contributed by atoms with Crippen LogP contribution < -0.4 is 5.73 Å². The summed E-state index contributed by atoms with van der Waals surface area (Å²) in [5.41, 5.74) is 6.50. The third-order valence-electron chi connectivity index (χ3n) is 2.72. The van der Waals surface area contributed by atoms with E-state index in [9.17, 15) is 4.39 Å². The average Bonchev–Trinajstić information content (AvgIpc) is 2.31. The van der Waals surface area contributed by atoms with Gasteiger partial charge in [-0.25, -0.2) is 4.39 Å². The van der Waals surface area contributed by atoms with Crippen LogP contribution in [-0.4, -0.2) is 23.0 Å². The smallest absolute Gasteiger partial charge is 0.137 e. The minimum absolute atomic E-state index is 0.226. The van der Waals surface area contributed by atoms with Crippen molar-refractivity contribution in [2.24, 2.45) is 11.7 Å². The quantitative estimate of drug-likeness (QED) is 0.763. The van der Waals surface area contributed by atoms with Gasteiger partial charge >= 0.3 is 0 Å². The number of nitrogens with two attached hydrogens (primary N) is 1. The van der Waals surface area contributed by atoms with Crippen molar-refractivity contribution in [3.05, 3.63) is 34.1 Å². The Morgan fingerprint density at radius 2 is 2.16 bits per heavy atom. The van der Waals surface area contributed by atoms with E-state index in [1.54, 1.807) is 6.07 Å². The van der Waals surface area contributed by atoms with Gasteiger partial charge in [0.1, 0.15) is 5.82 Å². The van der Waals surface area contributed by atoms with Gasteiger partial charge < -0.3 is 5.73 Å². The molecule has 0 bridgehead atoms. The third-order valence-corrected chi connectivity index (χ3v) is 3.82. The predicted octanol–water partition coefficient (Wildman–Crippen LogP) is 3.72. The van der Waals surface area contributed by atoms with Crippen LogP contribution in [0.3, 0.4) is 0 Å². The minimum Gasteiger partial charge on any atom is -0.393 e. The number of halogens is 2. The van der Waals surface area contributed by atoms with Gasteiger partial charge in [-0.15, -0.1) is 0 Å². The second kappa shape index (κ2) is 7.92. The zero-order chi connectivity index (χ0) is 14.4. The second-order valence-corrected chi connectivity index (χ2v) is 6.38. The Bertz CT molecular complexity index is 437. The lowest BCUT2D eigenvalue weighted by molar-refractivity contribution is 0.242. The normalized spacial score (nSPS) is 11.3. The van der Waals surface area contributed by atoms with Crippen LogP contribution in [0.2, 0.25) is 0 Å². The fourth-order valence-corrected chi connectivity index (χ4v) is 2.41. The molecule has 0 spiro atoms. The van der Waals surface area contributed by atoms with Gasteiger partial charge in [-0.3, -0.25) is 4.90 Å². The molecule has 0 aliphatic heterocycles. The lowest BCUT2D eigenvalue weighted by Gasteiger charge is -2.24. The molecule has 106 valence electrons. The van der Waals surface area contributed by atoms with Crippen LogP contribution in [0.4, 0.5) is 4.39 Å². The maximum Gasteiger partial charge on any atom is 0.137 e. The number of rotatable bonds is 7. The van der Waals surface area contributed by atoms with Gasteiger partial charge in [0.15, 0.2) is 0 Å². The van der Waals surface area contributed by atoms with Gasteiger partial charge in [-0.05, 0) is 33.5 Å². The first-order chi connectivity index (χ1) is 8.90. The number of benzene rings is 1. The molecule has 0 atom stereocenters. The summed E-state index contributed by atoms with van der Waals surface area (Å²) >= 11 is 8.22. The molecule has 1 aromatic rings. The highest BCUT2D eigenvalue weighted by Crippen LogP contribution is 2.22.